The highest BCUT2D eigenvalue weighted by molar-refractivity contribution is 5.94. The summed E-state index contributed by atoms with van der Waals surface area (Å²) in [4.78, 5) is 6.83. The molecule has 1 atom stereocenters. The lowest BCUT2D eigenvalue weighted by atomic mass is 10.1. The Morgan fingerprint density at radius 3 is 2.93 bits per heavy atom. The number of aromatic nitrogens is 3. The van der Waals surface area contributed by atoms with E-state index in [0.717, 1.165) is 54.9 Å². The molecule has 1 aliphatic carbocycles. The summed E-state index contributed by atoms with van der Waals surface area (Å²) < 4.78 is 20.3. The number of rotatable bonds is 4. The normalized spacial score (nSPS) is 21.1. The van der Waals surface area contributed by atoms with E-state index < -0.39 is 0 Å². The SMILES string of the molecule is C[C@H]1CN(c2cc(-c3n[nH]c4cc(F)c(OC5(C)CC5)cc34)ccn2)CCN1. The van der Waals surface area contributed by atoms with Crippen LogP contribution in [0, 0.1) is 5.82 Å². The lowest BCUT2D eigenvalue weighted by Gasteiger charge is -2.32. The molecule has 0 radical (unpaired) electrons. The van der Waals surface area contributed by atoms with Crippen molar-refractivity contribution in [2.75, 3.05) is 24.5 Å². The Bertz CT molecular complexity index is 1030. The average molecular weight is 381 g/mol. The van der Waals surface area contributed by atoms with Crippen molar-refractivity contribution in [1.29, 1.82) is 0 Å². The summed E-state index contributed by atoms with van der Waals surface area (Å²) in [5.41, 5.74) is 2.17. The van der Waals surface area contributed by atoms with E-state index in [2.05, 4.69) is 38.4 Å². The van der Waals surface area contributed by atoms with Gasteiger partial charge >= 0.3 is 0 Å². The molecule has 1 saturated carbocycles. The van der Waals surface area contributed by atoms with Crippen LogP contribution in [0.2, 0.25) is 0 Å². The molecule has 5 rings (SSSR count). The molecule has 0 bridgehead atoms. The Morgan fingerprint density at radius 1 is 1.29 bits per heavy atom. The maximum Gasteiger partial charge on any atom is 0.167 e. The summed E-state index contributed by atoms with van der Waals surface area (Å²) in [6, 6.07) is 7.65. The molecule has 28 heavy (non-hydrogen) atoms. The van der Waals surface area contributed by atoms with Crippen LogP contribution in [0.15, 0.2) is 30.5 Å². The first kappa shape index (κ1) is 17.4. The second-order valence-corrected chi connectivity index (χ2v) is 8.16. The fourth-order valence-corrected chi connectivity index (χ4v) is 3.74. The summed E-state index contributed by atoms with van der Waals surface area (Å²) in [5.74, 6) is 0.868. The van der Waals surface area contributed by atoms with Crippen molar-refractivity contribution in [2.45, 2.75) is 38.3 Å². The largest absolute Gasteiger partial charge is 0.484 e. The van der Waals surface area contributed by atoms with Gasteiger partial charge in [0.2, 0.25) is 0 Å². The van der Waals surface area contributed by atoms with Gasteiger partial charge in [0, 0.05) is 48.9 Å². The minimum absolute atomic E-state index is 0.235. The van der Waals surface area contributed by atoms with Crippen molar-refractivity contribution in [2.24, 2.45) is 0 Å². The second-order valence-electron chi connectivity index (χ2n) is 8.16. The standard InChI is InChI=1S/C21H24FN5O/c1-13-12-27(8-7-23-13)19-9-14(3-6-24-19)20-15-10-18(28-21(2)4-5-21)16(22)11-17(15)25-26-20/h3,6,9-11,13,23H,4-5,7-8,12H2,1-2H3,(H,25,26)/t13-/m0/s1. The lowest BCUT2D eigenvalue weighted by molar-refractivity contribution is 0.191. The van der Waals surface area contributed by atoms with Gasteiger partial charge < -0.3 is 15.0 Å². The monoisotopic (exact) mass is 381 g/mol. The van der Waals surface area contributed by atoms with Gasteiger partial charge in [0.25, 0.3) is 0 Å². The number of halogens is 1. The zero-order chi connectivity index (χ0) is 19.3. The number of hydrogen-bond donors (Lipinski definition) is 2. The molecule has 1 aliphatic heterocycles. The van der Waals surface area contributed by atoms with E-state index in [9.17, 15) is 4.39 Å². The van der Waals surface area contributed by atoms with E-state index >= 15 is 0 Å². The molecule has 2 aromatic heterocycles. The molecule has 3 heterocycles. The van der Waals surface area contributed by atoms with E-state index in [0.29, 0.717) is 17.3 Å². The predicted molar refractivity (Wildman–Crippen MR) is 107 cm³/mol. The van der Waals surface area contributed by atoms with Gasteiger partial charge in [0.1, 0.15) is 17.1 Å². The first-order valence-corrected chi connectivity index (χ1v) is 9.82. The van der Waals surface area contributed by atoms with Gasteiger partial charge in [0.05, 0.1) is 5.52 Å². The Labute approximate surface area is 163 Å². The van der Waals surface area contributed by atoms with Crippen LogP contribution in [-0.4, -0.2) is 46.5 Å². The maximum atomic E-state index is 14.4. The number of benzene rings is 1. The number of fused-ring (bicyclic) bond motifs is 1. The number of nitrogens with zero attached hydrogens (tertiary/aromatic N) is 3. The van der Waals surface area contributed by atoms with Crippen molar-refractivity contribution in [3.63, 3.8) is 0 Å². The summed E-state index contributed by atoms with van der Waals surface area (Å²) in [5, 5.41) is 11.7. The fraction of sp³-hybridized carbons (Fsp3) is 0.429. The molecule has 1 saturated heterocycles. The third kappa shape index (κ3) is 3.20. The smallest absolute Gasteiger partial charge is 0.167 e. The third-order valence-corrected chi connectivity index (χ3v) is 5.64. The number of pyridine rings is 1. The number of hydrogen-bond acceptors (Lipinski definition) is 5. The van der Waals surface area contributed by atoms with Crippen LogP contribution in [0.5, 0.6) is 5.75 Å². The highest BCUT2D eigenvalue weighted by atomic mass is 19.1. The summed E-state index contributed by atoms with van der Waals surface area (Å²) in [6.07, 6.45) is 3.73. The van der Waals surface area contributed by atoms with Crippen LogP contribution in [0.4, 0.5) is 10.2 Å². The molecule has 3 aromatic rings. The molecule has 2 aliphatic rings. The van der Waals surface area contributed by atoms with E-state index in [1.165, 1.54) is 6.07 Å². The molecule has 7 heteroatoms. The number of ether oxygens (including phenoxy) is 1. The van der Waals surface area contributed by atoms with Crippen molar-refractivity contribution >= 4 is 16.7 Å². The predicted octanol–water partition coefficient (Wildman–Crippen LogP) is 3.49. The first-order chi connectivity index (χ1) is 13.5. The minimum atomic E-state index is -0.360. The second kappa shape index (κ2) is 6.44. The van der Waals surface area contributed by atoms with Gasteiger partial charge in [-0.1, -0.05) is 0 Å². The zero-order valence-electron chi connectivity index (χ0n) is 16.1. The van der Waals surface area contributed by atoms with E-state index in [1.54, 1.807) is 6.07 Å². The molecule has 2 N–H and O–H groups in total. The third-order valence-electron chi connectivity index (χ3n) is 5.64. The first-order valence-electron chi connectivity index (χ1n) is 9.82. The molecular weight excluding hydrogens is 357 g/mol. The van der Waals surface area contributed by atoms with Crippen LogP contribution in [-0.2, 0) is 0 Å². The van der Waals surface area contributed by atoms with Gasteiger partial charge in [-0.15, -0.1) is 0 Å². The van der Waals surface area contributed by atoms with Crippen LogP contribution in [0.25, 0.3) is 22.2 Å². The molecular formula is C21H24FN5O. The molecule has 2 fully saturated rings. The summed E-state index contributed by atoms with van der Waals surface area (Å²) in [7, 11) is 0. The number of anilines is 1. The number of piperazine rings is 1. The zero-order valence-corrected chi connectivity index (χ0v) is 16.1. The summed E-state index contributed by atoms with van der Waals surface area (Å²) >= 11 is 0. The van der Waals surface area contributed by atoms with Gasteiger partial charge in [-0.3, -0.25) is 5.10 Å². The van der Waals surface area contributed by atoms with Crippen molar-refractivity contribution < 1.29 is 9.13 Å². The van der Waals surface area contributed by atoms with Gasteiger partial charge in [-0.05, 0) is 44.9 Å². The van der Waals surface area contributed by atoms with E-state index in [1.807, 2.05) is 19.2 Å². The van der Waals surface area contributed by atoms with Crippen LogP contribution in [0.1, 0.15) is 26.7 Å². The molecule has 146 valence electrons. The molecule has 1 aromatic carbocycles. The van der Waals surface area contributed by atoms with Gasteiger partial charge in [-0.2, -0.15) is 5.10 Å². The molecule has 0 amide bonds. The molecule has 6 nitrogen and oxygen atoms in total. The Kier molecular flexibility index (Phi) is 4.01. The van der Waals surface area contributed by atoms with E-state index in [-0.39, 0.29) is 11.4 Å². The average Bonchev–Trinajstić information content (AvgIpc) is 3.27. The quantitative estimate of drug-likeness (QED) is 0.724. The Morgan fingerprint density at radius 2 is 2.14 bits per heavy atom. The van der Waals surface area contributed by atoms with Crippen molar-refractivity contribution in [3.05, 3.63) is 36.3 Å². The number of nitrogens with one attached hydrogen (secondary N) is 2. The van der Waals surface area contributed by atoms with Gasteiger partial charge in [0.15, 0.2) is 11.6 Å². The van der Waals surface area contributed by atoms with Gasteiger partial charge in [-0.25, -0.2) is 9.37 Å². The maximum absolute atomic E-state index is 14.4. The Hall–Kier alpha value is -2.67. The molecule has 0 unspecified atom stereocenters. The van der Waals surface area contributed by atoms with Crippen LogP contribution < -0.4 is 15.0 Å². The number of aromatic amines is 1. The van der Waals surface area contributed by atoms with Crippen molar-refractivity contribution in [3.8, 4) is 17.0 Å². The fourth-order valence-electron chi connectivity index (χ4n) is 3.74. The van der Waals surface area contributed by atoms with Crippen molar-refractivity contribution in [1.82, 2.24) is 20.5 Å². The summed E-state index contributed by atoms with van der Waals surface area (Å²) in [6.45, 7) is 6.96. The highest BCUT2D eigenvalue weighted by Crippen LogP contribution is 2.41. The lowest BCUT2D eigenvalue weighted by Crippen LogP contribution is -2.49. The Balaban J connectivity index is 1.52. The van der Waals surface area contributed by atoms with Crippen LogP contribution >= 0.6 is 0 Å². The highest BCUT2D eigenvalue weighted by Gasteiger charge is 2.40. The van der Waals surface area contributed by atoms with E-state index in [4.69, 9.17) is 4.74 Å². The number of H-pyrrole nitrogens is 1. The molecule has 0 spiro atoms. The van der Waals surface area contributed by atoms with Crippen LogP contribution in [0.3, 0.4) is 0 Å². The minimum Gasteiger partial charge on any atom is -0.484 e. The topological polar surface area (TPSA) is 66.1 Å².